The van der Waals surface area contributed by atoms with E-state index in [4.69, 9.17) is 4.42 Å². The van der Waals surface area contributed by atoms with Crippen LogP contribution >= 0.6 is 0 Å². The van der Waals surface area contributed by atoms with E-state index in [2.05, 4.69) is 115 Å². The van der Waals surface area contributed by atoms with Gasteiger partial charge in [-0.15, -0.1) is 0 Å². The molecule has 0 saturated carbocycles. The van der Waals surface area contributed by atoms with Crippen molar-refractivity contribution in [3.63, 3.8) is 0 Å². The Bertz CT molecular complexity index is 1570. The molecule has 0 fully saturated rings. The number of aryl methyl sites for hydroxylation is 1. The van der Waals surface area contributed by atoms with Crippen LogP contribution in [0.4, 0.5) is 0 Å². The topological polar surface area (TPSA) is 26.0 Å². The Morgan fingerprint density at radius 3 is 2.00 bits per heavy atom. The summed E-state index contributed by atoms with van der Waals surface area (Å²) >= 11 is 0. The van der Waals surface area contributed by atoms with Crippen LogP contribution in [0.25, 0.3) is 55.4 Å². The lowest BCUT2D eigenvalue weighted by Gasteiger charge is -2.12. The van der Waals surface area contributed by atoms with Crippen molar-refractivity contribution in [2.45, 2.75) is 6.92 Å². The van der Waals surface area contributed by atoms with Crippen molar-refractivity contribution in [1.29, 1.82) is 0 Å². The Kier molecular flexibility index (Phi) is 4.36. The van der Waals surface area contributed by atoms with Crippen LogP contribution in [0, 0.1) is 6.92 Å². The van der Waals surface area contributed by atoms with E-state index in [0.29, 0.717) is 5.89 Å². The van der Waals surface area contributed by atoms with E-state index in [9.17, 15) is 0 Å². The van der Waals surface area contributed by atoms with Gasteiger partial charge in [0.05, 0.1) is 6.20 Å². The summed E-state index contributed by atoms with van der Waals surface area (Å²) in [6.07, 6.45) is 1.81. The van der Waals surface area contributed by atoms with Gasteiger partial charge >= 0.3 is 0 Å². The van der Waals surface area contributed by atoms with Gasteiger partial charge in [0.25, 0.3) is 0 Å². The molecule has 0 aliphatic heterocycles. The summed E-state index contributed by atoms with van der Waals surface area (Å²) in [7, 11) is 0. The van der Waals surface area contributed by atoms with E-state index in [1.165, 1.54) is 32.8 Å². The molecule has 0 atom stereocenters. The zero-order valence-electron chi connectivity index (χ0n) is 17.7. The molecule has 0 saturated heterocycles. The first-order valence-electron chi connectivity index (χ1n) is 10.8. The summed E-state index contributed by atoms with van der Waals surface area (Å²) in [4.78, 5) is 4.62. The molecule has 6 rings (SSSR count). The third-order valence-corrected chi connectivity index (χ3v) is 6.08. The molecule has 0 amide bonds. The number of benzene rings is 5. The third kappa shape index (κ3) is 3.09. The molecular formula is C30H21NO. The average molecular weight is 412 g/mol. The number of hydrogen-bond acceptors (Lipinski definition) is 2. The van der Waals surface area contributed by atoms with E-state index in [1.54, 1.807) is 0 Å². The van der Waals surface area contributed by atoms with Crippen LogP contribution in [0.15, 0.2) is 114 Å². The van der Waals surface area contributed by atoms with Crippen LogP contribution in [-0.2, 0) is 0 Å². The summed E-state index contributed by atoms with van der Waals surface area (Å²) in [5.74, 6) is 1.42. The first-order chi connectivity index (χ1) is 15.8. The van der Waals surface area contributed by atoms with Crippen molar-refractivity contribution in [2.75, 3.05) is 0 Å². The van der Waals surface area contributed by atoms with E-state index >= 15 is 0 Å². The van der Waals surface area contributed by atoms with Crippen molar-refractivity contribution in [3.05, 3.63) is 115 Å². The van der Waals surface area contributed by atoms with Crippen LogP contribution < -0.4 is 0 Å². The number of oxazole rings is 1. The van der Waals surface area contributed by atoms with Gasteiger partial charge in [-0.25, -0.2) is 4.98 Å². The van der Waals surface area contributed by atoms with Crippen molar-refractivity contribution >= 4 is 21.5 Å². The number of aromatic nitrogens is 1. The van der Waals surface area contributed by atoms with Crippen LogP contribution in [-0.4, -0.2) is 4.98 Å². The highest BCUT2D eigenvalue weighted by atomic mass is 16.4. The predicted octanol–water partition coefficient (Wildman–Crippen LogP) is 8.29. The average Bonchev–Trinajstić information content (AvgIpc) is 3.33. The largest absolute Gasteiger partial charge is 0.436 e. The van der Waals surface area contributed by atoms with Gasteiger partial charge in [-0.3, -0.25) is 0 Å². The first-order valence-corrected chi connectivity index (χ1v) is 10.8. The normalized spacial score (nSPS) is 11.3. The summed E-state index contributed by atoms with van der Waals surface area (Å²) in [6.45, 7) is 2.08. The highest BCUT2D eigenvalue weighted by Crippen LogP contribution is 2.38. The van der Waals surface area contributed by atoms with Crippen molar-refractivity contribution in [3.8, 4) is 33.9 Å². The lowest BCUT2D eigenvalue weighted by atomic mass is 9.92. The molecule has 2 nitrogen and oxygen atoms in total. The summed E-state index contributed by atoms with van der Waals surface area (Å²) in [5, 5.41) is 4.82. The molecule has 32 heavy (non-hydrogen) atoms. The molecule has 0 radical (unpaired) electrons. The van der Waals surface area contributed by atoms with Crippen LogP contribution in [0.3, 0.4) is 0 Å². The summed E-state index contributed by atoms with van der Waals surface area (Å²) < 4.78 is 6.21. The molecule has 5 aromatic carbocycles. The van der Waals surface area contributed by atoms with E-state index in [-0.39, 0.29) is 0 Å². The van der Waals surface area contributed by atoms with Crippen molar-refractivity contribution in [2.24, 2.45) is 0 Å². The maximum absolute atomic E-state index is 6.21. The second kappa shape index (κ2) is 7.51. The first kappa shape index (κ1) is 18.6. The highest BCUT2D eigenvalue weighted by Gasteiger charge is 2.15. The standard InChI is InChI=1S/C30H21NO/c1-20-13-15-22(16-14-20)29-19-31-30(32-29)28-18-17-27(25-10-4-5-11-26(25)28)24-12-6-8-21-7-2-3-9-23(21)24/h2-19H,1H3. The molecule has 1 heterocycles. The summed E-state index contributed by atoms with van der Waals surface area (Å²) in [5.41, 5.74) is 5.71. The van der Waals surface area contributed by atoms with Gasteiger partial charge in [0.15, 0.2) is 5.76 Å². The minimum absolute atomic E-state index is 0.640. The lowest BCUT2D eigenvalue weighted by Crippen LogP contribution is -1.87. The molecule has 0 aliphatic rings. The second-order valence-corrected chi connectivity index (χ2v) is 8.13. The fourth-order valence-electron chi connectivity index (χ4n) is 4.43. The second-order valence-electron chi connectivity index (χ2n) is 8.13. The fourth-order valence-corrected chi connectivity index (χ4v) is 4.43. The SMILES string of the molecule is Cc1ccc(-c2cnc(-c3ccc(-c4cccc5ccccc45)c4ccccc34)o2)cc1. The van der Waals surface area contributed by atoms with Crippen molar-refractivity contribution < 1.29 is 4.42 Å². The van der Waals surface area contributed by atoms with E-state index in [1.807, 2.05) is 6.20 Å². The maximum atomic E-state index is 6.21. The van der Waals surface area contributed by atoms with Gasteiger partial charge in [-0.05, 0) is 45.7 Å². The Hall–Kier alpha value is -4.17. The van der Waals surface area contributed by atoms with E-state index < -0.39 is 0 Å². The van der Waals surface area contributed by atoms with Gasteiger partial charge < -0.3 is 4.42 Å². The molecule has 0 spiro atoms. The molecule has 0 bridgehead atoms. The van der Waals surface area contributed by atoms with Crippen LogP contribution in [0.1, 0.15) is 5.56 Å². The van der Waals surface area contributed by atoms with Gasteiger partial charge in [0.1, 0.15) is 0 Å². The van der Waals surface area contributed by atoms with Gasteiger partial charge in [-0.1, -0.05) is 103 Å². The predicted molar refractivity (Wildman–Crippen MR) is 133 cm³/mol. The Labute approximate surface area is 186 Å². The quantitative estimate of drug-likeness (QED) is 0.293. The number of nitrogens with zero attached hydrogens (tertiary/aromatic N) is 1. The minimum atomic E-state index is 0.640. The molecule has 0 N–H and O–H groups in total. The molecule has 1 aromatic heterocycles. The lowest BCUT2D eigenvalue weighted by molar-refractivity contribution is 0.589. The molecule has 6 aromatic rings. The van der Waals surface area contributed by atoms with Crippen molar-refractivity contribution in [1.82, 2.24) is 4.98 Å². The Balaban J connectivity index is 1.52. The zero-order valence-corrected chi connectivity index (χ0v) is 17.7. The molecule has 0 unspecified atom stereocenters. The monoisotopic (exact) mass is 411 g/mol. The smallest absolute Gasteiger partial charge is 0.227 e. The molecular weight excluding hydrogens is 390 g/mol. The molecule has 0 aliphatic carbocycles. The third-order valence-electron chi connectivity index (χ3n) is 6.08. The van der Waals surface area contributed by atoms with Gasteiger partial charge in [-0.2, -0.15) is 0 Å². The maximum Gasteiger partial charge on any atom is 0.227 e. The minimum Gasteiger partial charge on any atom is -0.436 e. The zero-order chi connectivity index (χ0) is 21.5. The van der Waals surface area contributed by atoms with Gasteiger partial charge in [0, 0.05) is 11.1 Å². The number of hydrogen-bond donors (Lipinski definition) is 0. The number of fused-ring (bicyclic) bond motifs is 2. The Morgan fingerprint density at radius 2 is 1.19 bits per heavy atom. The van der Waals surface area contributed by atoms with Gasteiger partial charge in [0.2, 0.25) is 5.89 Å². The van der Waals surface area contributed by atoms with Crippen LogP contribution in [0.5, 0.6) is 0 Å². The molecule has 2 heteroatoms. The van der Waals surface area contributed by atoms with Crippen LogP contribution in [0.2, 0.25) is 0 Å². The highest BCUT2D eigenvalue weighted by molar-refractivity contribution is 6.09. The number of rotatable bonds is 3. The summed E-state index contributed by atoms with van der Waals surface area (Å²) in [6, 6.07) is 36.2. The molecule has 152 valence electrons. The Morgan fingerprint density at radius 1 is 0.562 bits per heavy atom. The van der Waals surface area contributed by atoms with E-state index in [0.717, 1.165) is 22.3 Å². The fraction of sp³-hybridized carbons (Fsp3) is 0.0333.